The zero-order valence-corrected chi connectivity index (χ0v) is 9.64. The number of alkyl halides is 1. The molecule has 0 bridgehead atoms. The Morgan fingerprint density at radius 1 is 1.12 bits per heavy atom. The van der Waals surface area contributed by atoms with E-state index >= 15 is 0 Å². The van der Waals surface area contributed by atoms with E-state index in [1.165, 1.54) is 5.69 Å². The average Bonchev–Trinajstić information content (AvgIpc) is 2.86. The second kappa shape index (κ2) is 4.03. The second-order valence-electron chi connectivity index (χ2n) is 5.12. The molecule has 2 nitrogen and oxygen atoms in total. The number of benzene rings is 1. The quantitative estimate of drug-likeness (QED) is 0.671. The molecule has 2 atom stereocenters. The summed E-state index contributed by atoms with van der Waals surface area (Å²) in [6, 6.07) is 7.71. The molecule has 1 saturated carbocycles. The number of anilines is 1. The second-order valence-corrected chi connectivity index (χ2v) is 5.12. The van der Waals surface area contributed by atoms with Crippen LogP contribution in [0.1, 0.15) is 12.8 Å². The van der Waals surface area contributed by atoms with Crippen molar-refractivity contribution in [2.24, 2.45) is 11.8 Å². The topological polar surface area (TPSA) is 7.60 Å². The molecule has 3 heteroatoms. The van der Waals surface area contributed by atoms with Gasteiger partial charge in [-0.1, -0.05) is 12.1 Å². The summed E-state index contributed by atoms with van der Waals surface area (Å²) in [5.41, 5.74) is 1.85. The smallest absolute Gasteiger partial charge is 0.187 e. The highest BCUT2D eigenvalue weighted by atomic mass is 19.1. The first-order valence-corrected chi connectivity index (χ1v) is 6.13. The monoisotopic (exact) mass is 230 g/mol. The lowest BCUT2D eigenvalue weighted by Gasteiger charge is -2.20. The molecule has 0 amide bonds. The van der Waals surface area contributed by atoms with Crippen LogP contribution in [0.25, 0.3) is 4.85 Å². The van der Waals surface area contributed by atoms with Gasteiger partial charge in [0.1, 0.15) is 6.17 Å². The van der Waals surface area contributed by atoms with Crippen molar-refractivity contribution in [1.82, 2.24) is 0 Å². The Bertz CT molecular complexity index is 434. The van der Waals surface area contributed by atoms with E-state index in [1.54, 1.807) is 0 Å². The van der Waals surface area contributed by atoms with Crippen LogP contribution in [0, 0.1) is 18.4 Å². The third-order valence-electron chi connectivity index (χ3n) is 4.04. The van der Waals surface area contributed by atoms with Crippen molar-refractivity contribution in [3.8, 4) is 0 Å². The Morgan fingerprint density at radius 3 is 2.24 bits per heavy atom. The molecule has 0 aromatic heterocycles. The number of rotatable bonds is 1. The van der Waals surface area contributed by atoms with E-state index in [2.05, 4.69) is 9.74 Å². The highest BCUT2D eigenvalue weighted by Gasteiger charge is 2.40. The van der Waals surface area contributed by atoms with Gasteiger partial charge in [0.2, 0.25) is 0 Å². The van der Waals surface area contributed by atoms with E-state index in [4.69, 9.17) is 6.57 Å². The molecule has 2 unspecified atom stereocenters. The summed E-state index contributed by atoms with van der Waals surface area (Å²) in [6.45, 7) is 8.87. The third kappa shape index (κ3) is 1.88. The summed E-state index contributed by atoms with van der Waals surface area (Å²) in [7, 11) is 0. The first-order chi connectivity index (χ1) is 8.26. The Morgan fingerprint density at radius 2 is 1.71 bits per heavy atom. The van der Waals surface area contributed by atoms with Crippen LogP contribution in [0.3, 0.4) is 0 Å². The molecule has 1 saturated heterocycles. The van der Waals surface area contributed by atoms with Gasteiger partial charge < -0.3 is 4.90 Å². The van der Waals surface area contributed by atoms with Gasteiger partial charge in [-0.2, -0.15) is 0 Å². The van der Waals surface area contributed by atoms with Crippen LogP contribution in [-0.2, 0) is 0 Å². The lowest BCUT2D eigenvalue weighted by Crippen LogP contribution is -2.21. The molecule has 1 aliphatic carbocycles. The van der Waals surface area contributed by atoms with Crippen molar-refractivity contribution >= 4 is 11.4 Å². The van der Waals surface area contributed by atoms with Crippen molar-refractivity contribution in [3.05, 3.63) is 35.7 Å². The van der Waals surface area contributed by atoms with Crippen molar-refractivity contribution < 1.29 is 4.39 Å². The van der Waals surface area contributed by atoms with E-state index in [0.29, 0.717) is 17.5 Å². The minimum atomic E-state index is -0.573. The van der Waals surface area contributed by atoms with Crippen molar-refractivity contribution in [3.63, 3.8) is 0 Å². The summed E-state index contributed by atoms with van der Waals surface area (Å²) in [4.78, 5) is 5.72. The van der Waals surface area contributed by atoms with Crippen molar-refractivity contribution in [2.45, 2.75) is 19.0 Å². The summed E-state index contributed by atoms with van der Waals surface area (Å²) in [6.07, 6.45) is 0.902. The minimum Gasteiger partial charge on any atom is -0.371 e. The van der Waals surface area contributed by atoms with Gasteiger partial charge in [-0.15, -0.1) is 0 Å². The SMILES string of the molecule is [C-]#[N+]c1ccc(N2CC3CC(F)CC3C2)cc1. The average molecular weight is 230 g/mol. The van der Waals surface area contributed by atoms with Crippen LogP contribution in [0.4, 0.5) is 15.8 Å². The predicted octanol–water partition coefficient (Wildman–Crippen LogP) is 3.42. The molecule has 2 fully saturated rings. The molecule has 17 heavy (non-hydrogen) atoms. The van der Waals surface area contributed by atoms with Crippen LogP contribution in [0.15, 0.2) is 24.3 Å². The maximum Gasteiger partial charge on any atom is 0.187 e. The molecule has 1 aromatic rings. The van der Waals surface area contributed by atoms with Gasteiger partial charge in [-0.25, -0.2) is 9.24 Å². The molecule has 2 aliphatic rings. The van der Waals surface area contributed by atoms with Gasteiger partial charge in [0.15, 0.2) is 5.69 Å². The third-order valence-corrected chi connectivity index (χ3v) is 4.04. The number of fused-ring (bicyclic) bond motifs is 1. The minimum absolute atomic E-state index is 0.533. The summed E-state index contributed by atoms with van der Waals surface area (Å²) in [5.74, 6) is 1.07. The molecule has 88 valence electrons. The summed E-state index contributed by atoms with van der Waals surface area (Å²) < 4.78 is 13.2. The Labute approximate surface area is 101 Å². The van der Waals surface area contributed by atoms with Gasteiger partial charge >= 0.3 is 0 Å². The van der Waals surface area contributed by atoms with Crippen molar-refractivity contribution in [2.75, 3.05) is 18.0 Å². The molecule has 0 radical (unpaired) electrons. The van der Waals surface area contributed by atoms with Crippen LogP contribution in [0.2, 0.25) is 0 Å². The number of nitrogens with zero attached hydrogens (tertiary/aromatic N) is 2. The van der Waals surface area contributed by atoms with Crippen LogP contribution < -0.4 is 4.90 Å². The Balaban J connectivity index is 1.73. The van der Waals surface area contributed by atoms with Gasteiger partial charge in [0, 0.05) is 18.8 Å². The Hall–Kier alpha value is -1.56. The molecule has 1 heterocycles. The molecule has 3 rings (SSSR count). The number of halogens is 1. The van der Waals surface area contributed by atoms with Gasteiger partial charge in [0.05, 0.1) is 6.57 Å². The van der Waals surface area contributed by atoms with E-state index < -0.39 is 6.17 Å². The first-order valence-electron chi connectivity index (χ1n) is 6.13. The lowest BCUT2D eigenvalue weighted by atomic mass is 10.0. The standard InChI is InChI=1S/C14H15FN2/c1-16-13-2-4-14(5-3-13)17-8-10-6-12(15)7-11(10)9-17/h2-5,10-12H,6-9H2. The van der Waals surface area contributed by atoms with Crippen molar-refractivity contribution in [1.29, 1.82) is 0 Å². The lowest BCUT2D eigenvalue weighted by molar-refractivity contribution is 0.326. The predicted molar refractivity (Wildman–Crippen MR) is 66.0 cm³/mol. The highest BCUT2D eigenvalue weighted by molar-refractivity contribution is 5.56. The first kappa shape index (κ1) is 10.6. The van der Waals surface area contributed by atoms with Gasteiger partial charge in [0.25, 0.3) is 0 Å². The summed E-state index contributed by atoms with van der Waals surface area (Å²) >= 11 is 0. The number of hydrogen-bond acceptors (Lipinski definition) is 1. The van der Waals surface area contributed by atoms with Crippen LogP contribution >= 0.6 is 0 Å². The number of hydrogen-bond donors (Lipinski definition) is 0. The Kier molecular flexibility index (Phi) is 2.51. The van der Waals surface area contributed by atoms with E-state index in [1.807, 2.05) is 24.3 Å². The molecule has 0 spiro atoms. The van der Waals surface area contributed by atoms with E-state index in [-0.39, 0.29) is 0 Å². The van der Waals surface area contributed by atoms with Crippen LogP contribution in [-0.4, -0.2) is 19.3 Å². The zero-order chi connectivity index (χ0) is 11.8. The normalized spacial score (nSPS) is 31.3. The van der Waals surface area contributed by atoms with Gasteiger partial charge in [-0.3, -0.25) is 0 Å². The van der Waals surface area contributed by atoms with Crippen LogP contribution in [0.5, 0.6) is 0 Å². The molecular formula is C14H15FN2. The maximum absolute atomic E-state index is 13.2. The van der Waals surface area contributed by atoms with Gasteiger partial charge in [-0.05, 0) is 36.8 Å². The van der Waals surface area contributed by atoms with E-state index in [0.717, 1.165) is 25.9 Å². The fourth-order valence-corrected chi connectivity index (χ4v) is 3.17. The van der Waals surface area contributed by atoms with E-state index in [9.17, 15) is 4.39 Å². The fourth-order valence-electron chi connectivity index (χ4n) is 3.17. The molecule has 1 aromatic carbocycles. The summed E-state index contributed by atoms with van der Waals surface area (Å²) in [5, 5.41) is 0. The molecular weight excluding hydrogens is 215 g/mol. The highest BCUT2D eigenvalue weighted by Crippen LogP contribution is 2.41. The fraction of sp³-hybridized carbons (Fsp3) is 0.500. The largest absolute Gasteiger partial charge is 0.371 e. The maximum atomic E-state index is 13.2. The molecule has 1 aliphatic heterocycles. The molecule has 0 N–H and O–H groups in total. The zero-order valence-electron chi connectivity index (χ0n) is 9.64.